The van der Waals surface area contributed by atoms with Gasteiger partial charge in [-0.05, 0) is 91.3 Å². The zero-order chi connectivity index (χ0) is 43.3. The highest BCUT2D eigenvalue weighted by Gasteiger charge is 2.23. The molecule has 2 heterocycles. The molecule has 0 saturated heterocycles. The number of fused-ring (bicyclic) bond motifs is 10. The van der Waals surface area contributed by atoms with Crippen LogP contribution in [-0.4, -0.2) is 9.13 Å². The molecule has 0 unspecified atom stereocenters. The zero-order valence-electron chi connectivity index (χ0n) is 36.0. The second-order valence-corrected chi connectivity index (χ2v) is 17.5. The molecule has 0 aliphatic heterocycles. The van der Waals surface area contributed by atoms with Gasteiger partial charge in [0, 0.05) is 43.1 Å². The van der Waals surface area contributed by atoms with E-state index >= 15 is 0 Å². The number of hydrogen-bond donors (Lipinski definition) is 0. The van der Waals surface area contributed by atoms with Gasteiger partial charge in [0.2, 0.25) is 0 Å². The summed E-state index contributed by atoms with van der Waals surface area (Å²) in [7, 11) is 0. The summed E-state index contributed by atoms with van der Waals surface area (Å²) in [6, 6.07) is 89.5. The monoisotopic (exact) mass is 836 g/mol. The van der Waals surface area contributed by atoms with Crippen molar-refractivity contribution in [1.82, 2.24) is 9.13 Å². The van der Waals surface area contributed by atoms with Gasteiger partial charge in [0.05, 0.1) is 33.4 Å². The van der Waals surface area contributed by atoms with E-state index in [1.54, 1.807) is 0 Å². The van der Waals surface area contributed by atoms with Crippen molar-refractivity contribution in [2.45, 2.75) is 0 Å². The summed E-state index contributed by atoms with van der Waals surface area (Å²) in [5, 5.41) is 14.9. The van der Waals surface area contributed by atoms with E-state index in [-0.39, 0.29) is 0 Å². The predicted octanol–water partition coefficient (Wildman–Crippen LogP) is 17.5. The van der Waals surface area contributed by atoms with Crippen LogP contribution in [0.15, 0.2) is 243 Å². The predicted molar refractivity (Wildman–Crippen MR) is 281 cm³/mol. The topological polar surface area (TPSA) is 9.86 Å². The van der Waals surface area contributed by atoms with Gasteiger partial charge in [-0.2, -0.15) is 0 Å². The number of benzene rings is 12. The van der Waals surface area contributed by atoms with E-state index in [0.29, 0.717) is 0 Å². The molecule has 14 rings (SSSR count). The average molecular weight is 837 g/mol. The summed E-state index contributed by atoms with van der Waals surface area (Å²) in [5.74, 6) is 0. The fraction of sp³-hybridized carbons (Fsp3) is 0. The fourth-order valence-electron chi connectivity index (χ4n) is 11.3. The molecule has 0 N–H and O–H groups in total. The molecule has 14 aromatic rings. The van der Waals surface area contributed by atoms with Gasteiger partial charge >= 0.3 is 0 Å². The van der Waals surface area contributed by atoms with E-state index in [9.17, 15) is 0 Å². The quantitative estimate of drug-likeness (QED) is 0.153. The van der Waals surface area contributed by atoms with Gasteiger partial charge in [0.15, 0.2) is 0 Å². The summed E-state index contributed by atoms with van der Waals surface area (Å²) in [6.07, 6.45) is 0. The standard InChI is InChI=1S/C64H40N2/c1-3-19-41(20-4-1)61-47-25-7-11-29-51(47)63(52-30-12-8-26-48(52)61)65-57-33-17-15-23-45(57)55-39-43(35-37-59(55)65)44-36-38-60-56(40-44)46-24-16-18-34-58(46)66(60)64-53-31-13-9-27-49(53)62(42-21-5-2-6-22-42)50-28-10-14-32-54(50)64/h1-40H. The zero-order valence-corrected chi connectivity index (χ0v) is 36.0. The Bertz CT molecular complexity index is 3870. The second kappa shape index (κ2) is 14.4. The third-order valence-electron chi connectivity index (χ3n) is 14.1. The molecule has 2 heteroatoms. The van der Waals surface area contributed by atoms with E-state index in [4.69, 9.17) is 0 Å². The molecule has 0 aliphatic rings. The molecule has 0 fully saturated rings. The summed E-state index contributed by atoms with van der Waals surface area (Å²) >= 11 is 0. The Morgan fingerprint density at radius 3 is 0.803 bits per heavy atom. The van der Waals surface area contributed by atoms with E-state index < -0.39 is 0 Å². The molecule has 306 valence electrons. The maximum absolute atomic E-state index is 2.52. The number of aromatic nitrogens is 2. The maximum Gasteiger partial charge on any atom is 0.0619 e. The molecule has 0 amide bonds. The Kier molecular flexibility index (Phi) is 8.02. The number of nitrogens with zero attached hydrogens (tertiary/aromatic N) is 2. The number of rotatable bonds is 5. The van der Waals surface area contributed by atoms with Gasteiger partial charge in [0.1, 0.15) is 0 Å². The van der Waals surface area contributed by atoms with Crippen molar-refractivity contribution >= 4 is 86.7 Å². The van der Waals surface area contributed by atoms with Crippen LogP contribution in [0.5, 0.6) is 0 Å². The molecule has 66 heavy (non-hydrogen) atoms. The summed E-state index contributed by atoms with van der Waals surface area (Å²) in [5.41, 5.74) is 14.6. The third-order valence-corrected chi connectivity index (χ3v) is 14.1. The van der Waals surface area contributed by atoms with Gasteiger partial charge < -0.3 is 9.13 Å². The van der Waals surface area contributed by atoms with E-state index in [0.717, 1.165) is 0 Å². The normalized spacial score (nSPS) is 11.9. The van der Waals surface area contributed by atoms with Crippen LogP contribution in [0.2, 0.25) is 0 Å². The highest BCUT2D eigenvalue weighted by atomic mass is 15.0. The van der Waals surface area contributed by atoms with Gasteiger partial charge in [-0.3, -0.25) is 0 Å². The fourth-order valence-corrected chi connectivity index (χ4v) is 11.3. The lowest BCUT2D eigenvalue weighted by molar-refractivity contribution is 1.21. The molecule has 0 saturated carbocycles. The van der Waals surface area contributed by atoms with Crippen LogP contribution < -0.4 is 0 Å². The Balaban J connectivity index is 0.994. The van der Waals surface area contributed by atoms with Gasteiger partial charge in [0.25, 0.3) is 0 Å². The van der Waals surface area contributed by atoms with Crippen molar-refractivity contribution in [3.05, 3.63) is 243 Å². The van der Waals surface area contributed by atoms with Crippen molar-refractivity contribution < 1.29 is 0 Å². The van der Waals surface area contributed by atoms with Gasteiger partial charge in [-0.1, -0.05) is 206 Å². The van der Waals surface area contributed by atoms with E-state index in [1.165, 1.54) is 131 Å². The van der Waals surface area contributed by atoms with Crippen LogP contribution >= 0.6 is 0 Å². The second-order valence-electron chi connectivity index (χ2n) is 17.5. The first-order chi connectivity index (χ1) is 32.8. The third kappa shape index (κ3) is 5.30. The Hall–Kier alpha value is -8.72. The molecule has 0 spiro atoms. The molecule has 12 aromatic carbocycles. The summed E-state index contributed by atoms with van der Waals surface area (Å²) < 4.78 is 5.03. The lowest BCUT2D eigenvalue weighted by Gasteiger charge is -2.19. The molecule has 0 radical (unpaired) electrons. The summed E-state index contributed by atoms with van der Waals surface area (Å²) in [6.45, 7) is 0. The largest absolute Gasteiger partial charge is 0.308 e. The van der Waals surface area contributed by atoms with Crippen LogP contribution in [0.3, 0.4) is 0 Å². The minimum atomic E-state index is 1.19. The smallest absolute Gasteiger partial charge is 0.0619 e. The number of para-hydroxylation sites is 2. The van der Waals surface area contributed by atoms with Crippen LogP contribution in [0.4, 0.5) is 0 Å². The average Bonchev–Trinajstić information content (AvgIpc) is 3.89. The van der Waals surface area contributed by atoms with E-state index in [1.807, 2.05) is 0 Å². The SMILES string of the molecule is c1ccc(-c2c3ccccc3c(-n3c4ccccc4c4cc(-c5ccc6c(c5)c5ccccc5n6-c5c6ccccc6c(-c6ccccc6)c6ccccc56)ccc43)c3ccccc23)cc1. The molecule has 0 aliphatic carbocycles. The number of hydrogen-bond acceptors (Lipinski definition) is 0. The first-order valence-electron chi connectivity index (χ1n) is 22.9. The first-order valence-corrected chi connectivity index (χ1v) is 22.9. The van der Waals surface area contributed by atoms with Crippen LogP contribution in [0, 0.1) is 0 Å². The molecular weight excluding hydrogens is 797 g/mol. The van der Waals surface area contributed by atoms with Crippen LogP contribution in [0.1, 0.15) is 0 Å². The molecule has 0 atom stereocenters. The van der Waals surface area contributed by atoms with Crippen LogP contribution in [0.25, 0.3) is 131 Å². The Labute approximate surface area is 381 Å². The van der Waals surface area contributed by atoms with Crippen molar-refractivity contribution in [3.63, 3.8) is 0 Å². The molecule has 2 aromatic heterocycles. The van der Waals surface area contributed by atoms with Gasteiger partial charge in [-0.15, -0.1) is 0 Å². The Morgan fingerprint density at radius 2 is 0.455 bits per heavy atom. The lowest BCUT2D eigenvalue weighted by Crippen LogP contribution is -1.99. The van der Waals surface area contributed by atoms with Crippen molar-refractivity contribution in [3.8, 4) is 44.8 Å². The lowest BCUT2D eigenvalue weighted by atomic mass is 9.90. The van der Waals surface area contributed by atoms with Gasteiger partial charge in [-0.25, -0.2) is 0 Å². The first kappa shape index (κ1) is 36.7. The molecule has 0 bridgehead atoms. The maximum atomic E-state index is 2.52. The summed E-state index contributed by atoms with van der Waals surface area (Å²) in [4.78, 5) is 0. The van der Waals surface area contributed by atoms with E-state index in [2.05, 4.69) is 252 Å². The minimum Gasteiger partial charge on any atom is -0.308 e. The molecule has 2 nitrogen and oxygen atoms in total. The van der Waals surface area contributed by atoms with Crippen LogP contribution in [-0.2, 0) is 0 Å². The minimum absolute atomic E-state index is 1.19. The van der Waals surface area contributed by atoms with Crippen molar-refractivity contribution in [2.24, 2.45) is 0 Å². The molecular formula is C64H40N2. The van der Waals surface area contributed by atoms with Crippen molar-refractivity contribution in [2.75, 3.05) is 0 Å². The highest BCUT2D eigenvalue weighted by Crippen LogP contribution is 2.47. The Morgan fingerprint density at radius 1 is 0.182 bits per heavy atom. The highest BCUT2D eigenvalue weighted by molar-refractivity contribution is 6.23. The van der Waals surface area contributed by atoms with Crippen molar-refractivity contribution in [1.29, 1.82) is 0 Å².